The second kappa shape index (κ2) is 3.26. The van der Waals surface area contributed by atoms with Gasteiger partial charge in [0.05, 0.1) is 18.8 Å². The van der Waals surface area contributed by atoms with Gasteiger partial charge in [-0.25, -0.2) is 4.98 Å². The van der Waals surface area contributed by atoms with Crippen LogP contribution in [0.3, 0.4) is 0 Å². The van der Waals surface area contributed by atoms with Gasteiger partial charge in [-0.3, -0.25) is 4.40 Å². The van der Waals surface area contributed by atoms with Crippen molar-refractivity contribution in [3.8, 4) is 5.88 Å². The summed E-state index contributed by atoms with van der Waals surface area (Å²) in [7, 11) is 1.68. The van der Waals surface area contributed by atoms with Crippen molar-refractivity contribution < 1.29 is 4.74 Å². The minimum atomic E-state index is 0.0149. The molecule has 0 fully saturated rings. The summed E-state index contributed by atoms with van der Waals surface area (Å²) in [5.41, 5.74) is 1.08. The van der Waals surface area contributed by atoms with Crippen molar-refractivity contribution in [2.75, 3.05) is 7.11 Å². The van der Waals surface area contributed by atoms with Crippen LogP contribution in [0.1, 0.15) is 26.6 Å². The van der Waals surface area contributed by atoms with Crippen molar-refractivity contribution in [1.29, 1.82) is 0 Å². The highest BCUT2D eigenvalue weighted by atomic mass is 16.5. The second-order valence-electron chi connectivity index (χ2n) is 4.66. The van der Waals surface area contributed by atoms with E-state index in [9.17, 15) is 0 Å². The number of ether oxygens (including phenoxy) is 1. The molecule has 0 unspecified atom stereocenters. The highest BCUT2D eigenvalue weighted by Gasteiger charge is 2.21. The van der Waals surface area contributed by atoms with Gasteiger partial charge in [0.15, 0.2) is 5.88 Å². The van der Waals surface area contributed by atoms with Gasteiger partial charge in [-0.1, -0.05) is 26.8 Å². The lowest BCUT2D eigenvalue weighted by atomic mass is 9.96. The topological polar surface area (TPSA) is 26.5 Å². The Hall–Kier alpha value is -1.51. The van der Waals surface area contributed by atoms with E-state index in [1.54, 1.807) is 7.11 Å². The van der Waals surface area contributed by atoms with Crippen LogP contribution in [0.15, 0.2) is 24.4 Å². The van der Waals surface area contributed by atoms with E-state index in [-0.39, 0.29) is 5.41 Å². The Morgan fingerprint density at radius 3 is 2.60 bits per heavy atom. The van der Waals surface area contributed by atoms with Crippen LogP contribution in [0.2, 0.25) is 0 Å². The van der Waals surface area contributed by atoms with E-state index in [4.69, 9.17) is 4.74 Å². The molecule has 0 amide bonds. The van der Waals surface area contributed by atoms with Crippen molar-refractivity contribution in [3.05, 3.63) is 30.2 Å². The lowest BCUT2D eigenvalue weighted by Gasteiger charge is -2.18. The van der Waals surface area contributed by atoms with Crippen LogP contribution in [-0.4, -0.2) is 16.5 Å². The Labute approximate surface area is 89.7 Å². The summed E-state index contributed by atoms with van der Waals surface area (Å²) in [6, 6.07) is 5.96. The standard InChI is InChI=1S/C12H16N2O/c1-12(2,3)11-13-8-9-6-5-7-10(15-4)14(9)11/h5-8H,1-4H3. The number of rotatable bonds is 1. The van der Waals surface area contributed by atoms with Crippen LogP contribution in [0.4, 0.5) is 0 Å². The number of hydrogen-bond donors (Lipinski definition) is 0. The summed E-state index contributed by atoms with van der Waals surface area (Å²) in [4.78, 5) is 4.46. The summed E-state index contributed by atoms with van der Waals surface area (Å²) in [6.07, 6.45) is 1.88. The van der Waals surface area contributed by atoms with Gasteiger partial charge in [-0.05, 0) is 12.1 Å². The zero-order valence-corrected chi connectivity index (χ0v) is 9.61. The molecule has 15 heavy (non-hydrogen) atoms. The average Bonchev–Trinajstić information content (AvgIpc) is 2.59. The van der Waals surface area contributed by atoms with Crippen molar-refractivity contribution in [2.45, 2.75) is 26.2 Å². The number of fused-ring (bicyclic) bond motifs is 1. The summed E-state index contributed by atoms with van der Waals surface area (Å²) in [5.74, 6) is 1.85. The number of aromatic nitrogens is 2. The lowest BCUT2D eigenvalue weighted by molar-refractivity contribution is 0.384. The van der Waals surface area contributed by atoms with E-state index in [0.717, 1.165) is 17.2 Å². The third kappa shape index (κ3) is 1.58. The first kappa shape index (κ1) is 10.0. The monoisotopic (exact) mass is 204 g/mol. The van der Waals surface area contributed by atoms with E-state index in [2.05, 4.69) is 30.2 Å². The fourth-order valence-corrected chi connectivity index (χ4v) is 1.71. The summed E-state index contributed by atoms with van der Waals surface area (Å²) < 4.78 is 7.40. The fourth-order valence-electron chi connectivity index (χ4n) is 1.71. The molecule has 2 aromatic heterocycles. The van der Waals surface area contributed by atoms with Crippen LogP contribution in [0.25, 0.3) is 5.52 Å². The molecule has 0 aliphatic rings. The molecule has 0 bridgehead atoms. The van der Waals surface area contributed by atoms with Gasteiger partial charge >= 0.3 is 0 Å². The quantitative estimate of drug-likeness (QED) is 0.714. The normalized spacial score (nSPS) is 12.0. The molecule has 3 nitrogen and oxygen atoms in total. The van der Waals surface area contributed by atoms with Gasteiger partial charge in [0.1, 0.15) is 5.82 Å². The Morgan fingerprint density at radius 1 is 1.27 bits per heavy atom. The largest absolute Gasteiger partial charge is 0.482 e. The molecule has 0 saturated heterocycles. The molecule has 2 heterocycles. The number of nitrogens with zero attached hydrogens (tertiary/aromatic N) is 2. The average molecular weight is 204 g/mol. The molecule has 3 heteroatoms. The van der Waals surface area contributed by atoms with Crippen LogP contribution in [0.5, 0.6) is 5.88 Å². The van der Waals surface area contributed by atoms with Gasteiger partial charge in [-0.15, -0.1) is 0 Å². The molecule has 0 saturated carbocycles. The molecule has 2 rings (SSSR count). The van der Waals surface area contributed by atoms with E-state index >= 15 is 0 Å². The molecule has 80 valence electrons. The predicted octanol–water partition coefficient (Wildman–Crippen LogP) is 2.64. The van der Waals surface area contributed by atoms with E-state index in [0.29, 0.717) is 0 Å². The molecule has 0 N–H and O–H groups in total. The molecule has 0 radical (unpaired) electrons. The number of hydrogen-bond acceptors (Lipinski definition) is 2. The fraction of sp³-hybridized carbons (Fsp3) is 0.417. The highest BCUT2D eigenvalue weighted by molar-refractivity contribution is 5.49. The second-order valence-corrected chi connectivity index (χ2v) is 4.66. The Bertz CT molecular complexity index is 480. The third-order valence-corrected chi connectivity index (χ3v) is 2.40. The first-order valence-corrected chi connectivity index (χ1v) is 5.05. The van der Waals surface area contributed by atoms with E-state index in [1.807, 2.05) is 24.4 Å². The van der Waals surface area contributed by atoms with Gasteiger partial charge in [0, 0.05) is 5.41 Å². The molecular formula is C12H16N2O. The SMILES string of the molecule is COc1cccc2cnc(C(C)(C)C)n12. The van der Waals surface area contributed by atoms with Gasteiger partial charge in [0.2, 0.25) is 0 Å². The van der Waals surface area contributed by atoms with Crippen LogP contribution >= 0.6 is 0 Å². The van der Waals surface area contributed by atoms with Gasteiger partial charge < -0.3 is 4.74 Å². The lowest BCUT2D eigenvalue weighted by Crippen LogP contribution is -2.16. The zero-order valence-electron chi connectivity index (χ0n) is 9.61. The number of methoxy groups -OCH3 is 1. The summed E-state index contributed by atoms with van der Waals surface area (Å²) in [5, 5.41) is 0. The van der Waals surface area contributed by atoms with Crippen molar-refractivity contribution in [2.24, 2.45) is 0 Å². The minimum absolute atomic E-state index is 0.0149. The van der Waals surface area contributed by atoms with Crippen LogP contribution in [-0.2, 0) is 5.41 Å². The van der Waals surface area contributed by atoms with Gasteiger partial charge in [-0.2, -0.15) is 0 Å². The van der Waals surface area contributed by atoms with E-state index < -0.39 is 0 Å². The number of pyridine rings is 1. The summed E-state index contributed by atoms with van der Waals surface area (Å²) in [6.45, 7) is 6.44. The Balaban J connectivity index is 2.77. The Morgan fingerprint density at radius 2 is 2.00 bits per heavy atom. The van der Waals surface area contributed by atoms with Crippen molar-refractivity contribution in [1.82, 2.24) is 9.38 Å². The van der Waals surface area contributed by atoms with Crippen LogP contribution in [0, 0.1) is 0 Å². The summed E-state index contributed by atoms with van der Waals surface area (Å²) >= 11 is 0. The van der Waals surface area contributed by atoms with Crippen molar-refractivity contribution in [3.63, 3.8) is 0 Å². The van der Waals surface area contributed by atoms with Crippen molar-refractivity contribution >= 4 is 5.52 Å². The maximum atomic E-state index is 5.34. The first-order valence-electron chi connectivity index (χ1n) is 5.05. The molecular weight excluding hydrogens is 188 g/mol. The highest BCUT2D eigenvalue weighted by Crippen LogP contribution is 2.25. The molecule has 0 aliphatic carbocycles. The molecule has 0 aliphatic heterocycles. The zero-order chi connectivity index (χ0) is 11.1. The molecule has 0 aromatic carbocycles. The third-order valence-electron chi connectivity index (χ3n) is 2.40. The smallest absolute Gasteiger partial charge is 0.199 e. The molecule has 0 spiro atoms. The molecule has 2 aromatic rings. The maximum Gasteiger partial charge on any atom is 0.199 e. The number of imidazole rings is 1. The molecule has 0 atom stereocenters. The maximum absolute atomic E-state index is 5.34. The Kier molecular flexibility index (Phi) is 2.18. The first-order chi connectivity index (χ1) is 7.04. The minimum Gasteiger partial charge on any atom is -0.482 e. The predicted molar refractivity (Wildman–Crippen MR) is 60.4 cm³/mol. The van der Waals surface area contributed by atoms with Gasteiger partial charge in [0.25, 0.3) is 0 Å². The van der Waals surface area contributed by atoms with Crippen LogP contribution < -0.4 is 4.74 Å². The van der Waals surface area contributed by atoms with E-state index in [1.165, 1.54) is 0 Å².